The van der Waals surface area contributed by atoms with Crippen molar-refractivity contribution in [2.75, 3.05) is 5.32 Å². The van der Waals surface area contributed by atoms with E-state index in [1.807, 2.05) is 19.1 Å². The largest absolute Gasteiger partial charge is 0.344 e. The second-order valence-corrected chi connectivity index (χ2v) is 8.24. The van der Waals surface area contributed by atoms with Crippen LogP contribution in [0.5, 0.6) is 0 Å². The summed E-state index contributed by atoms with van der Waals surface area (Å²) >= 11 is 1.80. The van der Waals surface area contributed by atoms with Crippen LogP contribution in [0.2, 0.25) is 0 Å². The van der Waals surface area contributed by atoms with Gasteiger partial charge in [0.25, 0.3) is 0 Å². The molecule has 1 aromatic rings. The summed E-state index contributed by atoms with van der Waals surface area (Å²) in [6.07, 6.45) is 1.000. The van der Waals surface area contributed by atoms with Gasteiger partial charge in [-0.15, -0.1) is 11.8 Å². The molecule has 1 aliphatic rings. The third-order valence-corrected chi connectivity index (χ3v) is 4.29. The number of aryl methyl sites for hydroxylation is 1. The molecule has 5 heteroatoms. The monoisotopic (exact) mass is 306 g/mol. The van der Waals surface area contributed by atoms with E-state index in [0.29, 0.717) is 12.8 Å². The molecule has 1 aromatic carbocycles. The smallest absolute Gasteiger partial charge is 0.246 e. The molecule has 4 nitrogen and oxygen atoms in total. The van der Waals surface area contributed by atoms with E-state index >= 15 is 0 Å². The average Bonchev–Trinajstić information content (AvgIpc) is 2.77. The zero-order valence-electron chi connectivity index (χ0n) is 12.9. The van der Waals surface area contributed by atoms with E-state index in [4.69, 9.17) is 0 Å². The minimum absolute atomic E-state index is 0.0520. The van der Waals surface area contributed by atoms with Gasteiger partial charge in [-0.3, -0.25) is 9.59 Å². The van der Waals surface area contributed by atoms with Crippen LogP contribution in [0.3, 0.4) is 0 Å². The van der Waals surface area contributed by atoms with Crippen LogP contribution in [0, 0.1) is 6.92 Å². The van der Waals surface area contributed by atoms with Crippen LogP contribution < -0.4 is 10.6 Å². The van der Waals surface area contributed by atoms with Crippen molar-refractivity contribution >= 4 is 29.3 Å². The Morgan fingerprint density at radius 2 is 2.10 bits per heavy atom. The topological polar surface area (TPSA) is 58.2 Å². The highest BCUT2D eigenvalue weighted by atomic mass is 32.2. The van der Waals surface area contributed by atoms with Crippen LogP contribution in [0.1, 0.15) is 39.2 Å². The molecular weight excluding hydrogens is 284 g/mol. The predicted molar refractivity (Wildman–Crippen MR) is 86.6 cm³/mol. The molecule has 0 radical (unpaired) electrons. The van der Waals surface area contributed by atoms with Crippen LogP contribution in [-0.2, 0) is 9.59 Å². The third-order valence-electron chi connectivity index (χ3n) is 3.19. The Bertz CT molecular complexity index is 564. The molecule has 0 aromatic heterocycles. The van der Waals surface area contributed by atoms with Gasteiger partial charge in [-0.25, -0.2) is 0 Å². The number of carbonyl (C=O) groups excluding carboxylic acids is 2. The summed E-state index contributed by atoms with van der Waals surface area (Å²) in [6.45, 7) is 8.50. The zero-order chi connectivity index (χ0) is 15.6. The fraction of sp³-hybridized carbons (Fsp3) is 0.500. The molecule has 1 atom stereocenters. The Morgan fingerprint density at radius 1 is 1.38 bits per heavy atom. The fourth-order valence-corrected chi connectivity index (χ4v) is 3.30. The van der Waals surface area contributed by atoms with Gasteiger partial charge >= 0.3 is 0 Å². The van der Waals surface area contributed by atoms with Crippen LogP contribution in [0.15, 0.2) is 23.1 Å². The first-order valence-electron chi connectivity index (χ1n) is 7.14. The van der Waals surface area contributed by atoms with Crippen molar-refractivity contribution in [3.05, 3.63) is 23.8 Å². The maximum atomic E-state index is 12.1. The lowest BCUT2D eigenvalue weighted by atomic mass is 10.1. The summed E-state index contributed by atoms with van der Waals surface area (Å²) in [5.41, 5.74) is 1.83. The Labute approximate surface area is 130 Å². The molecule has 1 aliphatic heterocycles. The Balaban J connectivity index is 2.04. The number of hydrogen-bond donors (Lipinski definition) is 2. The van der Waals surface area contributed by atoms with Crippen molar-refractivity contribution in [3.8, 4) is 0 Å². The van der Waals surface area contributed by atoms with Gasteiger partial charge < -0.3 is 10.6 Å². The number of anilines is 1. The van der Waals surface area contributed by atoms with E-state index < -0.39 is 6.04 Å². The number of nitrogens with one attached hydrogen (secondary N) is 2. The summed E-state index contributed by atoms with van der Waals surface area (Å²) in [7, 11) is 0. The van der Waals surface area contributed by atoms with Crippen molar-refractivity contribution in [2.24, 2.45) is 0 Å². The van der Waals surface area contributed by atoms with Crippen LogP contribution in [-0.4, -0.2) is 22.6 Å². The highest BCUT2D eigenvalue weighted by molar-refractivity contribution is 8.00. The Kier molecular flexibility index (Phi) is 4.61. The molecular formula is C16H22N2O2S. The molecule has 0 saturated carbocycles. The SMILES string of the molecule is Cc1cc(SC(C)(C)C)ccc1NC(=O)C1CCC(=O)N1. The Morgan fingerprint density at radius 3 is 2.62 bits per heavy atom. The summed E-state index contributed by atoms with van der Waals surface area (Å²) in [5, 5.41) is 5.58. The first-order chi connectivity index (χ1) is 9.74. The maximum absolute atomic E-state index is 12.1. The molecule has 2 amide bonds. The van der Waals surface area contributed by atoms with Crippen LogP contribution in [0.25, 0.3) is 0 Å². The zero-order valence-corrected chi connectivity index (χ0v) is 13.8. The van der Waals surface area contributed by atoms with E-state index in [9.17, 15) is 9.59 Å². The summed E-state index contributed by atoms with van der Waals surface area (Å²) < 4.78 is 0.158. The number of benzene rings is 1. The maximum Gasteiger partial charge on any atom is 0.246 e. The first-order valence-corrected chi connectivity index (χ1v) is 7.96. The quantitative estimate of drug-likeness (QED) is 0.844. The number of amides is 2. The lowest BCUT2D eigenvalue weighted by Gasteiger charge is -2.19. The first kappa shape index (κ1) is 15.9. The van der Waals surface area contributed by atoms with Crippen molar-refractivity contribution in [1.82, 2.24) is 5.32 Å². The summed E-state index contributed by atoms with van der Waals surface area (Å²) in [6, 6.07) is 5.63. The van der Waals surface area contributed by atoms with E-state index in [2.05, 4.69) is 37.5 Å². The van der Waals surface area contributed by atoms with Gasteiger partial charge in [-0.1, -0.05) is 20.8 Å². The molecule has 1 fully saturated rings. The van der Waals surface area contributed by atoms with Crippen molar-refractivity contribution in [1.29, 1.82) is 0 Å². The summed E-state index contributed by atoms with van der Waals surface area (Å²) in [5.74, 6) is -0.191. The lowest BCUT2D eigenvalue weighted by molar-refractivity contribution is -0.122. The van der Waals surface area contributed by atoms with E-state index in [-0.39, 0.29) is 16.6 Å². The molecule has 0 aliphatic carbocycles. The number of hydrogen-bond acceptors (Lipinski definition) is 3. The van der Waals surface area contributed by atoms with Crippen molar-refractivity contribution < 1.29 is 9.59 Å². The van der Waals surface area contributed by atoms with Gasteiger partial charge in [0.1, 0.15) is 6.04 Å². The second kappa shape index (κ2) is 6.10. The van der Waals surface area contributed by atoms with E-state index in [1.165, 1.54) is 4.90 Å². The number of rotatable bonds is 3. The molecule has 0 spiro atoms. The van der Waals surface area contributed by atoms with E-state index in [1.54, 1.807) is 11.8 Å². The van der Waals surface area contributed by atoms with Gasteiger partial charge in [0.05, 0.1) is 0 Å². The minimum atomic E-state index is -0.402. The molecule has 1 saturated heterocycles. The predicted octanol–water partition coefficient (Wildman–Crippen LogP) is 3.10. The molecule has 1 unspecified atom stereocenters. The van der Waals surface area contributed by atoms with Gasteiger partial charge in [-0.2, -0.15) is 0 Å². The second-order valence-electron chi connectivity index (χ2n) is 6.34. The van der Waals surface area contributed by atoms with Crippen LogP contribution >= 0.6 is 11.8 Å². The molecule has 21 heavy (non-hydrogen) atoms. The van der Waals surface area contributed by atoms with Crippen molar-refractivity contribution in [2.45, 2.75) is 56.2 Å². The van der Waals surface area contributed by atoms with Gasteiger partial charge in [0, 0.05) is 21.8 Å². The van der Waals surface area contributed by atoms with E-state index in [0.717, 1.165) is 11.3 Å². The third kappa shape index (κ3) is 4.49. The number of carbonyl (C=O) groups is 2. The molecule has 2 N–H and O–H groups in total. The van der Waals surface area contributed by atoms with Gasteiger partial charge in [0.15, 0.2) is 0 Å². The van der Waals surface area contributed by atoms with Gasteiger partial charge in [-0.05, 0) is 37.1 Å². The minimum Gasteiger partial charge on any atom is -0.344 e. The van der Waals surface area contributed by atoms with Crippen molar-refractivity contribution in [3.63, 3.8) is 0 Å². The fourth-order valence-electron chi connectivity index (χ4n) is 2.22. The number of thioether (sulfide) groups is 1. The molecule has 2 rings (SSSR count). The standard InChI is InChI=1S/C16H22N2O2S/c1-10-9-11(21-16(2,3)4)5-6-12(10)18-15(20)13-7-8-14(19)17-13/h5-6,9,13H,7-8H2,1-4H3,(H,17,19)(H,18,20). The molecule has 1 heterocycles. The normalized spacial score (nSPS) is 18.5. The van der Waals surface area contributed by atoms with Gasteiger partial charge in [0.2, 0.25) is 11.8 Å². The Hall–Kier alpha value is -1.49. The highest BCUT2D eigenvalue weighted by Gasteiger charge is 2.27. The van der Waals surface area contributed by atoms with Crippen LogP contribution in [0.4, 0.5) is 5.69 Å². The summed E-state index contributed by atoms with van der Waals surface area (Å²) in [4.78, 5) is 24.4. The molecule has 114 valence electrons. The average molecular weight is 306 g/mol. The molecule has 0 bridgehead atoms. The highest BCUT2D eigenvalue weighted by Crippen LogP contribution is 2.33. The lowest BCUT2D eigenvalue weighted by Crippen LogP contribution is -2.37.